The van der Waals surface area contributed by atoms with Crippen molar-refractivity contribution in [2.45, 2.75) is 37.5 Å². The van der Waals surface area contributed by atoms with E-state index in [1.165, 1.54) is 0 Å². The number of benzene rings is 1. The molecule has 198 valence electrons. The summed E-state index contributed by atoms with van der Waals surface area (Å²) in [7, 11) is 0. The van der Waals surface area contributed by atoms with Crippen molar-refractivity contribution in [3.63, 3.8) is 0 Å². The number of amides is 1. The van der Waals surface area contributed by atoms with Crippen molar-refractivity contribution in [2.75, 3.05) is 29.7 Å². The molecule has 0 bridgehead atoms. The zero-order chi connectivity index (χ0) is 27.2. The number of nitrogens with zero attached hydrogens (tertiary/aromatic N) is 1. The summed E-state index contributed by atoms with van der Waals surface area (Å²) in [5.41, 5.74) is 7.25. The highest BCUT2D eigenvalue weighted by molar-refractivity contribution is 6.18. The highest BCUT2D eigenvalue weighted by Crippen LogP contribution is 2.17. The number of halogens is 5. The van der Waals surface area contributed by atoms with Gasteiger partial charge in [-0.25, -0.2) is 9.59 Å². The van der Waals surface area contributed by atoms with Crippen molar-refractivity contribution in [1.82, 2.24) is 5.32 Å². The molecule has 1 aromatic carbocycles. The third kappa shape index (κ3) is 13.6. The van der Waals surface area contributed by atoms with Gasteiger partial charge in [-0.3, -0.25) is 9.59 Å². The molecule has 0 fully saturated rings. The summed E-state index contributed by atoms with van der Waals surface area (Å²) >= 11 is 11.6. The van der Waals surface area contributed by atoms with E-state index < -0.39 is 42.1 Å². The van der Waals surface area contributed by atoms with Gasteiger partial charge in [0, 0.05) is 43.4 Å². The fourth-order valence-electron chi connectivity index (χ4n) is 2.54. The zero-order valence-corrected chi connectivity index (χ0v) is 19.8. The molecule has 15 heteroatoms. The topological polar surface area (TPSA) is 170 Å². The molecule has 1 rings (SSSR count). The highest BCUT2D eigenvalue weighted by atomic mass is 35.5. The van der Waals surface area contributed by atoms with Gasteiger partial charge in [-0.15, -0.1) is 23.2 Å². The van der Waals surface area contributed by atoms with Crippen LogP contribution in [0.2, 0.25) is 0 Å². The smallest absolute Gasteiger partial charge is 0.481 e. The molecule has 0 aliphatic carbocycles. The first-order valence-corrected chi connectivity index (χ1v) is 11.1. The van der Waals surface area contributed by atoms with Crippen LogP contribution in [0, 0.1) is 0 Å². The molecule has 0 saturated heterocycles. The van der Waals surface area contributed by atoms with E-state index in [0.717, 1.165) is 5.69 Å². The Labute approximate surface area is 208 Å². The van der Waals surface area contributed by atoms with Crippen molar-refractivity contribution in [1.29, 1.82) is 0 Å². The van der Waals surface area contributed by atoms with Gasteiger partial charge in [0.15, 0.2) is 0 Å². The number of nitrogens with two attached hydrogens (primary N) is 1. The van der Waals surface area contributed by atoms with Crippen molar-refractivity contribution >= 4 is 52.7 Å². The lowest BCUT2D eigenvalue weighted by atomic mass is 10.0. The van der Waals surface area contributed by atoms with Crippen LogP contribution in [0.5, 0.6) is 0 Å². The van der Waals surface area contributed by atoms with Crippen molar-refractivity contribution in [3.05, 3.63) is 29.8 Å². The summed E-state index contributed by atoms with van der Waals surface area (Å²) in [6.45, 7) is 1.27. The Morgan fingerprint density at radius 1 is 1.00 bits per heavy atom. The lowest BCUT2D eigenvalue weighted by Crippen LogP contribution is -2.49. The minimum Gasteiger partial charge on any atom is -0.481 e. The molecule has 0 spiro atoms. The Bertz CT molecular complexity index is 836. The van der Waals surface area contributed by atoms with E-state index in [4.69, 9.17) is 43.9 Å². The average Bonchev–Trinajstić information content (AvgIpc) is 2.77. The first-order valence-electron chi connectivity index (χ1n) is 9.99. The highest BCUT2D eigenvalue weighted by Gasteiger charge is 2.38. The Balaban J connectivity index is 0.00000143. The Hall–Kier alpha value is -2.77. The number of anilines is 1. The largest absolute Gasteiger partial charge is 0.490 e. The monoisotopic (exact) mass is 547 g/mol. The molecule has 2 atom stereocenters. The number of aliphatic carboxylic acids is 3. The summed E-state index contributed by atoms with van der Waals surface area (Å²) in [5, 5.41) is 27.5. The molecule has 0 aromatic heterocycles. The normalized spacial score (nSPS) is 12.5. The number of hydrogen-bond donors (Lipinski definition) is 5. The van der Waals surface area contributed by atoms with E-state index in [0.29, 0.717) is 30.4 Å². The summed E-state index contributed by atoms with van der Waals surface area (Å²) in [4.78, 5) is 45.0. The number of carbonyl (C=O) groups excluding carboxylic acids is 1. The lowest BCUT2D eigenvalue weighted by molar-refractivity contribution is -0.192. The van der Waals surface area contributed by atoms with Gasteiger partial charge in [-0.2, -0.15) is 13.2 Å². The van der Waals surface area contributed by atoms with Crippen LogP contribution < -0.4 is 16.0 Å². The predicted octanol–water partition coefficient (Wildman–Crippen LogP) is 1.91. The van der Waals surface area contributed by atoms with Gasteiger partial charge < -0.3 is 31.3 Å². The molecular weight excluding hydrogens is 522 g/mol. The number of alkyl halides is 5. The quantitative estimate of drug-likeness (QED) is 0.231. The molecule has 1 amide bonds. The molecule has 2 unspecified atom stereocenters. The second kappa shape index (κ2) is 16.0. The van der Waals surface area contributed by atoms with E-state index in [9.17, 15) is 32.7 Å². The van der Waals surface area contributed by atoms with Gasteiger partial charge in [-0.1, -0.05) is 12.1 Å². The Morgan fingerprint density at radius 2 is 1.49 bits per heavy atom. The van der Waals surface area contributed by atoms with Crippen LogP contribution in [0.3, 0.4) is 0 Å². The minimum absolute atomic E-state index is 0.0675. The van der Waals surface area contributed by atoms with Crippen LogP contribution in [0.4, 0.5) is 18.9 Å². The number of rotatable bonds is 13. The fraction of sp³-hybridized carbons (Fsp3) is 0.500. The van der Waals surface area contributed by atoms with Gasteiger partial charge in [0.1, 0.15) is 6.04 Å². The maximum absolute atomic E-state index is 12.0. The van der Waals surface area contributed by atoms with E-state index >= 15 is 0 Å². The summed E-state index contributed by atoms with van der Waals surface area (Å²) < 4.78 is 31.7. The molecule has 0 aliphatic rings. The summed E-state index contributed by atoms with van der Waals surface area (Å²) in [5.74, 6) is -4.82. The molecule has 35 heavy (non-hydrogen) atoms. The number of carbonyl (C=O) groups is 4. The van der Waals surface area contributed by atoms with Crippen LogP contribution in [0.15, 0.2) is 24.3 Å². The van der Waals surface area contributed by atoms with Crippen molar-refractivity contribution in [3.8, 4) is 0 Å². The zero-order valence-electron chi connectivity index (χ0n) is 18.3. The Kier molecular flexibility index (Phi) is 14.7. The maximum atomic E-state index is 12.0. The second-order valence-electron chi connectivity index (χ2n) is 6.98. The maximum Gasteiger partial charge on any atom is 0.490 e. The first kappa shape index (κ1) is 32.2. The predicted molar refractivity (Wildman–Crippen MR) is 122 cm³/mol. The third-order valence-electron chi connectivity index (χ3n) is 4.31. The van der Waals surface area contributed by atoms with Gasteiger partial charge >= 0.3 is 24.1 Å². The number of hydrogen-bond acceptors (Lipinski definition) is 6. The average molecular weight is 548 g/mol. The molecule has 0 heterocycles. The Morgan fingerprint density at radius 3 is 1.86 bits per heavy atom. The molecule has 10 nitrogen and oxygen atoms in total. The van der Waals surface area contributed by atoms with E-state index in [-0.39, 0.29) is 19.3 Å². The minimum atomic E-state index is -5.08. The SMILES string of the molecule is NC(CCC(=O)O)C(=O)NC(Cc1ccc(N(CCCl)CCCl)cc1)C(=O)O.O=C(O)C(F)(F)F. The second-order valence-corrected chi connectivity index (χ2v) is 7.73. The van der Waals surface area contributed by atoms with E-state index in [2.05, 4.69) is 5.32 Å². The standard InChI is InChI=1S/C18H25Cl2N3O5.C2HF3O2/c19-7-9-23(10-8-20)13-3-1-12(2-4-13)11-15(18(27)28)22-17(26)14(21)5-6-16(24)25;3-2(4,5)1(6)7/h1-4,14-15H,5-11,21H2,(H,22,26)(H,24,25)(H,27,28);(H,6,7). The van der Waals surface area contributed by atoms with Gasteiger partial charge in [0.25, 0.3) is 0 Å². The van der Waals surface area contributed by atoms with Gasteiger partial charge in [0.05, 0.1) is 6.04 Å². The molecule has 0 radical (unpaired) electrons. The molecule has 1 aromatic rings. The summed E-state index contributed by atoms with van der Waals surface area (Å²) in [6, 6.07) is 4.98. The number of nitrogens with one attached hydrogen (secondary N) is 1. The van der Waals surface area contributed by atoms with E-state index in [1.54, 1.807) is 12.1 Å². The molecule has 0 saturated carbocycles. The number of carboxylic acid groups (broad SMARTS) is 3. The fourth-order valence-corrected chi connectivity index (χ4v) is 2.95. The van der Waals surface area contributed by atoms with Crippen LogP contribution in [-0.2, 0) is 25.6 Å². The van der Waals surface area contributed by atoms with E-state index in [1.807, 2.05) is 17.0 Å². The van der Waals surface area contributed by atoms with Crippen LogP contribution in [-0.4, -0.2) is 82.2 Å². The van der Waals surface area contributed by atoms with Crippen LogP contribution in [0.25, 0.3) is 0 Å². The van der Waals surface area contributed by atoms with Crippen molar-refractivity contribution < 1.29 is 47.7 Å². The summed E-state index contributed by atoms with van der Waals surface area (Å²) in [6.07, 6.45) is -5.36. The van der Waals surface area contributed by atoms with Gasteiger partial charge in [-0.05, 0) is 24.1 Å². The molecule has 6 N–H and O–H groups in total. The van der Waals surface area contributed by atoms with Crippen LogP contribution in [0.1, 0.15) is 18.4 Å². The van der Waals surface area contributed by atoms with Crippen molar-refractivity contribution in [2.24, 2.45) is 5.73 Å². The lowest BCUT2D eigenvalue weighted by Gasteiger charge is -2.23. The van der Waals surface area contributed by atoms with Gasteiger partial charge in [0.2, 0.25) is 5.91 Å². The third-order valence-corrected chi connectivity index (χ3v) is 4.65. The molecular formula is C20H26Cl2F3N3O7. The first-order chi connectivity index (χ1) is 16.2. The van der Waals surface area contributed by atoms with Crippen LogP contribution >= 0.6 is 23.2 Å². The number of carboxylic acids is 3. The molecule has 0 aliphatic heterocycles.